The highest BCUT2D eigenvalue weighted by Gasteiger charge is 2.47. The lowest BCUT2D eigenvalue weighted by molar-refractivity contribution is -0.332. The van der Waals surface area contributed by atoms with Crippen LogP contribution in [0.25, 0.3) is 0 Å². The molecule has 2 fully saturated rings. The van der Waals surface area contributed by atoms with Crippen LogP contribution in [-0.2, 0) is 33.2 Å². The molecule has 2 aliphatic heterocycles. The molecule has 0 bridgehead atoms. The molecule has 2 aliphatic rings. The number of carbonyl (C=O) groups is 1. The maximum absolute atomic E-state index is 12.9. The van der Waals surface area contributed by atoms with Crippen LogP contribution in [0.3, 0.4) is 0 Å². The molecule has 0 saturated carbocycles. The first-order valence-electron chi connectivity index (χ1n) is 23.4. The summed E-state index contributed by atoms with van der Waals surface area (Å²) < 4.78 is 34.1. The van der Waals surface area contributed by atoms with Crippen LogP contribution in [0.4, 0.5) is 0 Å². The van der Waals surface area contributed by atoms with Crippen LogP contribution in [0.5, 0.6) is 0 Å². The van der Waals surface area contributed by atoms with E-state index in [1.807, 2.05) is 0 Å². The second-order valence-electron chi connectivity index (χ2n) is 16.6. The van der Waals surface area contributed by atoms with Crippen molar-refractivity contribution >= 4 is 5.97 Å². The van der Waals surface area contributed by atoms with E-state index in [0.29, 0.717) is 13.0 Å². The number of allylic oxidation sites excluding steroid dienone is 4. The highest BCUT2D eigenvalue weighted by atomic mass is 16.7. The van der Waals surface area contributed by atoms with E-state index in [1.165, 1.54) is 83.5 Å². The lowest BCUT2D eigenvalue weighted by Crippen LogP contribution is -2.61. The molecule has 0 aromatic heterocycles. The van der Waals surface area contributed by atoms with Crippen LogP contribution in [0.1, 0.15) is 162 Å². The number of rotatable bonds is 36. The number of esters is 1. The van der Waals surface area contributed by atoms with Gasteiger partial charge in [-0.15, -0.1) is 0 Å². The molecule has 7 N–H and O–H groups in total. The van der Waals surface area contributed by atoms with Crippen molar-refractivity contribution in [3.05, 3.63) is 24.3 Å². The number of aliphatic hydroxyl groups is 7. The molecule has 60 heavy (non-hydrogen) atoms. The largest absolute Gasteiger partial charge is 0.457 e. The van der Waals surface area contributed by atoms with Crippen LogP contribution in [0.2, 0.25) is 0 Å². The third-order valence-corrected chi connectivity index (χ3v) is 11.2. The molecule has 0 aromatic rings. The molecule has 2 rings (SSSR count). The van der Waals surface area contributed by atoms with Gasteiger partial charge in [0.05, 0.1) is 26.4 Å². The molecule has 352 valence electrons. The molecule has 0 amide bonds. The van der Waals surface area contributed by atoms with E-state index in [4.69, 9.17) is 28.4 Å². The van der Waals surface area contributed by atoms with E-state index in [0.717, 1.165) is 51.4 Å². The fourth-order valence-corrected chi connectivity index (χ4v) is 7.31. The van der Waals surface area contributed by atoms with Gasteiger partial charge in [-0.25, -0.2) is 0 Å². The number of carbonyl (C=O) groups excluding carboxylic acids is 1. The predicted octanol–water partition coefficient (Wildman–Crippen LogP) is 5.68. The van der Waals surface area contributed by atoms with Gasteiger partial charge in [0.15, 0.2) is 12.6 Å². The molecule has 0 aromatic carbocycles. The van der Waals surface area contributed by atoms with E-state index < -0.39 is 80.7 Å². The summed E-state index contributed by atoms with van der Waals surface area (Å²) in [6.45, 7) is 3.63. The monoisotopic (exact) mass is 861 g/mol. The van der Waals surface area contributed by atoms with Gasteiger partial charge in [-0.1, -0.05) is 134 Å². The van der Waals surface area contributed by atoms with Crippen LogP contribution >= 0.6 is 0 Å². The van der Waals surface area contributed by atoms with Crippen molar-refractivity contribution in [3.63, 3.8) is 0 Å². The Morgan fingerprint density at radius 1 is 0.550 bits per heavy atom. The zero-order valence-corrected chi connectivity index (χ0v) is 36.9. The average molecular weight is 861 g/mol. The second-order valence-corrected chi connectivity index (χ2v) is 16.6. The first-order chi connectivity index (χ1) is 29.1. The Balaban J connectivity index is 1.79. The van der Waals surface area contributed by atoms with Crippen molar-refractivity contribution in [2.45, 2.75) is 229 Å². The minimum atomic E-state index is -1.70. The van der Waals surface area contributed by atoms with E-state index in [1.54, 1.807) is 0 Å². The fourth-order valence-electron chi connectivity index (χ4n) is 7.31. The molecule has 0 radical (unpaired) electrons. The average Bonchev–Trinajstić information content (AvgIpc) is 3.24. The third kappa shape index (κ3) is 23.2. The maximum Gasteiger partial charge on any atom is 0.306 e. The molecule has 2 saturated heterocycles. The Morgan fingerprint density at radius 3 is 1.63 bits per heavy atom. The van der Waals surface area contributed by atoms with E-state index in [2.05, 4.69) is 38.2 Å². The van der Waals surface area contributed by atoms with Crippen LogP contribution in [-0.4, -0.2) is 142 Å². The van der Waals surface area contributed by atoms with E-state index in [9.17, 15) is 40.5 Å². The van der Waals surface area contributed by atoms with Crippen molar-refractivity contribution in [1.29, 1.82) is 0 Å². The summed E-state index contributed by atoms with van der Waals surface area (Å²) in [5.41, 5.74) is 0. The van der Waals surface area contributed by atoms with E-state index in [-0.39, 0.29) is 25.6 Å². The molecule has 14 nitrogen and oxygen atoms in total. The molecule has 14 heteroatoms. The number of hydrogen-bond donors (Lipinski definition) is 7. The number of ether oxygens (including phenoxy) is 6. The summed E-state index contributed by atoms with van der Waals surface area (Å²) in [5, 5.41) is 71.9. The summed E-state index contributed by atoms with van der Waals surface area (Å²) in [6, 6.07) is 0. The molecule has 11 unspecified atom stereocenters. The summed E-state index contributed by atoms with van der Waals surface area (Å²) in [4.78, 5) is 12.9. The van der Waals surface area contributed by atoms with Gasteiger partial charge in [-0.3, -0.25) is 4.79 Å². The summed E-state index contributed by atoms with van der Waals surface area (Å²) in [5.74, 6) is -0.385. The number of hydrogen-bond acceptors (Lipinski definition) is 14. The van der Waals surface area contributed by atoms with Gasteiger partial charge in [-0.05, 0) is 44.9 Å². The van der Waals surface area contributed by atoms with Gasteiger partial charge in [0.25, 0.3) is 0 Å². The van der Waals surface area contributed by atoms with Crippen molar-refractivity contribution in [2.75, 3.05) is 33.0 Å². The summed E-state index contributed by atoms with van der Waals surface area (Å²) >= 11 is 0. The second kappa shape index (κ2) is 34.9. The van der Waals surface area contributed by atoms with Gasteiger partial charge in [0, 0.05) is 13.0 Å². The summed E-state index contributed by atoms with van der Waals surface area (Å²) in [6.07, 6.45) is 18.2. The minimum Gasteiger partial charge on any atom is -0.457 e. The lowest BCUT2D eigenvalue weighted by Gasteiger charge is -2.42. The highest BCUT2D eigenvalue weighted by Crippen LogP contribution is 2.26. The van der Waals surface area contributed by atoms with E-state index >= 15 is 0 Å². The number of unbranched alkanes of at least 4 members (excludes halogenated alkanes) is 18. The van der Waals surface area contributed by atoms with Crippen molar-refractivity contribution < 1.29 is 69.0 Å². The summed E-state index contributed by atoms with van der Waals surface area (Å²) in [7, 11) is 0. The Bertz CT molecular complexity index is 1090. The Hall–Kier alpha value is -1.53. The molecular formula is C46H84O14. The smallest absolute Gasteiger partial charge is 0.306 e. The zero-order valence-electron chi connectivity index (χ0n) is 36.9. The van der Waals surface area contributed by atoms with Crippen LogP contribution < -0.4 is 0 Å². The molecular weight excluding hydrogens is 776 g/mol. The maximum atomic E-state index is 12.9. The highest BCUT2D eigenvalue weighted by molar-refractivity contribution is 5.69. The third-order valence-electron chi connectivity index (χ3n) is 11.2. The quantitative estimate of drug-likeness (QED) is 0.0230. The first-order valence-corrected chi connectivity index (χ1v) is 23.4. The van der Waals surface area contributed by atoms with Crippen molar-refractivity contribution in [1.82, 2.24) is 0 Å². The Kier molecular flexibility index (Phi) is 31.8. The normalized spacial score (nSPS) is 27.9. The van der Waals surface area contributed by atoms with Gasteiger partial charge in [-0.2, -0.15) is 0 Å². The predicted molar refractivity (Wildman–Crippen MR) is 229 cm³/mol. The minimum absolute atomic E-state index is 0.0608. The zero-order chi connectivity index (χ0) is 43.8. The molecule has 0 spiro atoms. The Morgan fingerprint density at radius 2 is 1.03 bits per heavy atom. The Labute approximate surface area is 360 Å². The topological polar surface area (TPSA) is 214 Å². The van der Waals surface area contributed by atoms with Crippen LogP contribution in [0.15, 0.2) is 24.3 Å². The molecule has 0 aliphatic carbocycles. The van der Waals surface area contributed by atoms with Crippen LogP contribution in [0, 0.1) is 0 Å². The van der Waals surface area contributed by atoms with Gasteiger partial charge in [0.2, 0.25) is 0 Å². The fraction of sp³-hybridized carbons (Fsp3) is 0.891. The standard InChI is InChI=1S/C46H84O14/c1-3-5-7-9-11-13-14-15-16-17-18-19-20-21-23-25-27-29-38(48)58-35(32-55-30-28-26-24-22-12-10-8-6-4-2)33-56-45-44(54)42(52)40(50)37(60-45)34-57-46-43(53)41(51)39(49)36(31-47)59-46/h11,13,15-16,35-37,39-47,49-54H,3-10,12,14,17-34H2,1-2H3/b13-11-,16-15-. The van der Waals surface area contributed by atoms with Crippen molar-refractivity contribution in [3.8, 4) is 0 Å². The molecule has 2 heterocycles. The van der Waals surface area contributed by atoms with Crippen molar-refractivity contribution in [2.24, 2.45) is 0 Å². The van der Waals surface area contributed by atoms with Gasteiger partial charge < -0.3 is 64.2 Å². The SMILES string of the molecule is CCCCC/C=C\C/C=C\CCCCCCCCCC(=O)OC(COCCCCCCCCCCC)COC1OC(COC2OC(CO)C(O)C(O)C2O)C(O)C(O)C1O. The van der Waals surface area contributed by atoms with Gasteiger partial charge in [0.1, 0.15) is 54.9 Å². The molecule has 11 atom stereocenters. The number of aliphatic hydroxyl groups excluding tert-OH is 7. The lowest BCUT2D eigenvalue weighted by atomic mass is 9.98. The first kappa shape index (κ1) is 54.6. The van der Waals surface area contributed by atoms with Gasteiger partial charge >= 0.3 is 5.97 Å².